The van der Waals surface area contributed by atoms with Gasteiger partial charge in [0.2, 0.25) is 0 Å². The molecule has 0 aliphatic carbocycles. The summed E-state index contributed by atoms with van der Waals surface area (Å²) in [5.74, 6) is 0. The van der Waals surface area contributed by atoms with E-state index in [0.29, 0.717) is 5.41 Å². The first kappa shape index (κ1) is 16.5. The third kappa shape index (κ3) is 6.97. The van der Waals surface area contributed by atoms with Gasteiger partial charge in [-0.15, -0.1) is 0 Å². The molecule has 1 rings (SSSR count). The van der Waals surface area contributed by atoms with Crippen LogP contribution in [0.2, 0.25) is 0 Å². The molecular formula is C10H28O3Si3. The number of unbranched alkanes of at least 4 members (excludes halogenated alkanes) is 1. The molecule has 0 aromatic rings. The molecule has 1 fully saturated rings. The van der Waals surface area contributed by atoms with E-state index < -0.39 is 0 Å². The fourth-order valence-corrected chi connectivity index (χ4v) is 1.32. The van der Waals surface area contributed by atoms with Crippen molar-refractivity contribution in [1.29, 1.82) is 0 Å². The summed E-state index contributed by atoms with van der Waals surface area (Å²) in [6, 6.07) is 0. The second-order valence-corrected chi connectivity index (χ2v) is 19.3. The van der Waals surface area contributed by atoms with Gasteiger partial charge < -0.3 is 14.3 Å². The Kier molecular flexibility index (Phi) is 11.0. The maximum atomic E-state index is 8.11. The van der Waals surface area contributed by atoms with E-state index in [2.05, 4.69) is 13.8 Å². The van der Waals surface area contributed by atoms with Crippen LogP contribution >= 0.6 is 0 Å². The van der Waals surface area contributed by atoms with Crippen molar-refractivity contribution >= 4 is 27.6 Å². The zero-order valence-corrected chi connectivity index (χ0v) is 16.0. The Morgan fingerprint density at radius 1 is 1.44 bits per heavy atom. The van der Waals surface area contributed by atoms with Gasteiger partial charge in [-0.2, -0.15) is 0 Å². The SMILES string of the molecule is CCCCOCC1(CC)COC1.O[SiH2][SiH2][SiH3]. The summed E-state index contributed by atoms with van der Waals surface area (Å²) in [6.45, 7) is 8.00. The monoisotopic (exact) mass is 280 g/mol. The molecule has 0 unspecified atom stereocenters. The lowest BCUT2D eigenvalue weighted by atomic mass is 9.84. The number of hydrogen-bond acceptors (Lipinski definition) is 3. The van der Waals surface area contributed by atoms with E-state index in [1.54, 1.807) is 0 Å². The lowest BCUT2D eigenvalue weighted by molar-refractivity contribution is -0.150. The zero-order chi connectivity index (χ0) is 12.3. The van der Waals surface area contributed by atoms with E-state index in [1.807, 2.05) is 0 Å². The minimum absolute atomic E-state index is 0.258. The average molecular weight is 281 g/mol. The molecule has 98 valence electrons. The maximum Gasteiger partial charge on any atom is 0.135 e. The van der Waals surface area contributed by atoms with Crippen LogP contribution < -0.4 is 0 Å². The predicted octanol–water partition coefficient (Wildman–Crippen LogP) is -1.34. The number of rotatable bonds is 7. The van der Waals surface area contributed by atoms with Crippen LogP contribution in [-0.2, 0) is 9.47 Å². The molecule has 0 spiro atoms. The lowest BCUT2D eigenvalue weighted by Gasteiger charge is -2.40. The van der Waals surface area contributed by atoms with Crippen molar-refractivity contribution in [2.24, 2.45) is 5.41 Å². The maximum absolute atomic E-state index is 8.11. The molecule has 1 N–H and O–H groups in total. The average Bonchev–Trinajstić information content (AvgIpc) is 2.28. The van der Waals surface area contributed by atoms with Crippen LogP contribution in [0.1, 0.15) is 33.1 Å². The van der Waals surface area contributed by atoms with E-state index in [0.717, 1.165) is 26.4 Å². The Labute approximate surface area is 107 Å². The van der Waals surface area contributed by atoms with Gasteiger partial charge in [0.15, 0.2) is 0 Å². The minimum Gasteiger partial charge on any atom is -0.442 e. The summed E-state index contributed by atoms with van der Waals surface area (Å²) in [4.78, 5) is 8.11. The first-order chi connectivity index (χ1) is 7.74. The summed E-state index contributed by atoms with van der Waals surface area (Å²) in [5, 5.41) is 0. The van der Waals surface area contributed by atoms with E-state index in [4.69, 9.17) is 14.3 Å². The highest BCUT2D eigenvalue weighted by atomic mass is 29.5. The van der Waals surface area contributed by atoms with Gasteiger partial charge in [0, 0.05) is 20.6 Å². The summed E-state index contributed by atoms with van der Waals surface area (Å²) < 4.78 is 10.8. The predicted molar refractivity (Wildman–Crippen MR) is 78.5 cm³/mol. The smallest absolute Gasteiger partial charge is 0.135 e. The van der Waals surface area contributed by atoms with Crippen LogP contribution in [-0.4, -0.2) is 58.8 Å². The van der Waals surface area contributed by atoms with Crippen molar-refractivity contribution in [1.82, 2.24) is 0 Å². The molecule has 1 heterocycles. The molecule has 0 aromatic carbocycles. The quantitative estimate of drug-likeness (QED) is 0.463. The molecule has 0 radical (unpaired) electrons. The van der Waals surface area contributed by atoms with Gasteiger partial charge in [-0.05, 0) is 22.6 Å². The van der Waals surface area contributed by atoms with Crippen LogP contribution in [0.5, 0.6) is 0 Å². The molecule has 0 saturated carbocycles. The minimum atomic E-state index is -0.375. The fourth-order valence-electron chi connectivity index (χ4n) is 1.32. The molecule has 0 bridgehead atoms. The summed E-state index contributed by atoms with van der Waals surface area (Å²) in [6.07, 6.45) is 3.58. The number of hydrogen-bond donors (Lipinski definition) is 1. The van der Waals surface area contributed by atoms with E-state index in [9.17, 15) is 0 Å². The van der Waals surface area contributed by atoms with Crippen molar-refractivity contribution in [3.05, 3.63) is 0 Å². The summed E-state index contributed by atoms with van der Waals surface area (Å²) >= 11 is 0. The largest absolute Gasteiger partial charge is 0.442 e. The molecule has 0 atom stereocenters. The van der Waals surface area contributed by atoms with Crippen molar-refractivity contribution in [3.8, 4) is 0 Å². The van der Waals surface area contributed by atoms with Gasteiger partial charge >= 0.3 is 0 Å². The third-order valence-corrected chi connectivity index (χ3v) is 8.65. The van der Waals surface area contributed by atoms with Gasteiger partial charge in [-0.25, -0.2) is 0 Å². The Hall–Kier alpha value is 0.531. The second kappa shape index (κ2) is 10.7. The standard InChI is InChI=1S/C10H20O2.H8OSi3/c1-3-5-6-11-7-10(4-2)8-12-9-10;1-3-4-2/h3-9H2,1-2H3;1H,3-4H2,2H3. The van der Waals surface area contributed by atoms with Crippen LogP contribution in [0, 0.1) is 5.41 Å². The number of ether oxygens (including phenoxy) is 2. The molecule has 1 aliphatic heterocycles. The van der Waals surface area contributed by atoms with Gasteiger partial charge in [0.1, 0.15) is 9.28 Å². The summed E-state index contributed by atoms with van der Waals surface area (Å²) in [5.41, 5.74) is 0.369. The van der Waals surface area contributed by atoms with E-state index in [1.165, 1.54) is 29.0 Å². The first-order valence-electron chi connectivity index (χ1n) is 6.51. The fraction of sp³-hybridized carbons (Fsp3) is 1.00. The van der Waals surface area contributed by atoms with Gasteiger partial charge in [0.05, 0.1) is 19.8 Å². The molecule has 0 amide bonds. The van der Waals surface area contributed by atoms with Crippen LogP contribution in [0.3, 0.4) is 0 Å². The van der Waals surface area contributed by atoms with Crippen molar-refractivity contribution in [3.63, 3.8) is 0 Å². The van der Waals surface area contributed by atoms with Crippen LogP contribution in [0.15, 0.2) is 0 Å². The molecule has 1 aliphatic rings. The second-order valence-electron chi connectivity index (χ2n) is 4.48. The van der Waals surface area contributed by atoms with Crippen molar-refractivity contribution in [2.75, 3.05) is 26.4 Å². The van der Waals surface area contributed by atoms with Crippen LogP contribution in [0.4, 0.5) is 0 Å². The topological polar surface area (TPSA) is 38.7 Å². The Bertz CT molecular complexity index is 147. The highest BCUT2D eigenvalue weighted by Gasteiger charge is 2.36. The Morgan fingerprint density at radius 3 is 2.38 bits per heavy atom. The van der Waals surface area contributed by atoms with E-state index >= 15 is 0 Å². The van der Waals surface area contributed by atoms with Crippen molar-refractivity contribution < 1.29 is 14.3 Å². The normalized spacial score (nSPS) is 18.9. The van der Waals surface area contributed by atoms with Gasteiger partial charge in [-0.3, -0.25) is 0 Å². The Balaban J connectivity index is 0.000000487. The van der Waals surface area contributed by atoms with E-state index in [-0.39, 0.29) is 17.8 Å². The van der Waals surface area contributed by atoms with Gasteiger partial charge in [0.25, 0.3) is 0 Å². The zero-order valence-electron chi connectivity index (χ0n) is 11.1. The molecule has 16 heavy (non-hydrogen) atoms. The Morgan fingerprint density at radius 2 is 2.06 bits per heavy atom. The lowest BCUT2D eigenvalue weighted by Crippen LogP contribution is -2.45. The highest BCUT2D eigenvalue weighted by molar-refractivity contribution is 7.21. The third-order valence-electron chi connectivity index (χ3n) is 2.84. The molecule has 1 saturated heterocycles. The highest BCUT2D eigenvalue weighted by Crippen LogP contribution is 2.31. The molecule has 3 nitrogen and oxygen atoms in total. The van der Waals surface area contributed by atoms with Crippen molar-refractivity contribution in [2.45, 2.75) is 33.1 Å². The molecule has 6 heteroatoms. The summed E-state index contributed by atoms with van der Waals surface area (Å²) in [7, 11) is 1.22. The first-order valence-corrected chi connectivity index (χ1v) is 16.8. The van der Waals surface area contributed by atoms with Crippen LogP contribution in [0.25, 0.3) is 0 Å². The molecule has 0 aromatic heterocycles. The van der Waals surface area contributed by atoms with Gasteiger partial charge in [-0.1, -0.05) is 20.3 Å². The molecular weight excluding hydrogens is 252 g/mol.